The number of thiol groups is 1. The summed E-state index contributed by atoms with van der Waals surface area (Å²) in [5, 5.41) is 4.63. The minimum absolute atomic E-state index is 0.388. The van der Waals surface area contributed by atoms with Crippen molar-refractivity contribution in [1.82, 2.24) is 10.3 Å². The van der Waals surface area contributed by atoms with E-state index in [1.54, 1.807) is 0 Å². The maximum absolute atomic E-state index is 4.29. The predicted octanol–water partition coefficient (Wildman–Crippen LogP) is 2.75. The van der Waals surface area contributed by atoms with Gasteiger partial charge in [-0.1, -0.05) is 18.2 Å². The first kappa shape index (κ1) is 10.6. The molecule has 1 atom stereocenters. The number of H-pyrrole nitrogens is 1. The van der Waals surface area contributed by atoms with Gasteiger partial charge in [-0.25, -0.2) is 0 Å². The van der Waals surface area contributed by atoms with E-state index in [0.29, 0.717) is 6.04 Å². The van der Waals surface area contributed by atoms with E-state index in [0.717, 1.165) is 12.2 Å². The van der Waals surface area contributed by atoms with Crippen molar-refractivity contribution in [2.24, 2.45) is 0 Å². The molecule has 0 spiro atoms. The average Bonchev–Trinajstić information content (AvgIpc) is 2.70. The summed E-state index contributed by atoms with van der Waals surface area (Å²) in [5.74, 6) is 0.894. The van der Waals surface area contributed by atoms with Gasteiger partial charge < -0.3 is 10.3 Å². The second kappa shape index (κ2) is 4.73. The Bertz CT molecular complexity index is 436. The number of aromatic nitrogens is 1. The van der Waals surface area contributed by atoms with Crippen LogP contribution in [0.25, 0.3) is 10.9 Å². The average molecular weight is 220 g/mol. The number of benzene rings is 1. The van der Waals surface area contributed by atoms with Crippen LogP contribution in [0.2, 0.25) is 0 Å². The minimum Gasteiger partial charge on any atom is -0.361 e. The van der Waals surface area contributed by atoms with Crippen LogP contribution in [0.15, 0.2) is 30.5 Å². The van der Waals surface area contributed by atoms with Crippen LogP contribution in [-0.2, 0) is 0 Å². The van der Waals surface area contributed by atoms with Gasteiger partial charge in [-0.05, 0) is 30.9 Å². The Balaban J connectivity index is 2.41. The maximum Gasteiger partial charge on any atom is 0.0457 e. The predicted molar refractivity (Wildman–Crippen MR) is 68.6 cm³/mol. The summed E-state index contributed by atoms with van der Waals surface area (Å²) in [6.07, 6.45) is 3.14. The molecule has 0 amide bonds. The van der Waals surface area contributed by atoms with Crippen molar-refractivity contribution < 1.29 is 0 Å². The third-order valence-electron chi connectivity index (χ3n) is 2.76. The van der Waals surface area contributed by atoms with Gasteiger partial charge in [0.2, 0.25) is 0 Å². The lowest BCUT2D eigenvalue weighted by molar-refractivity contribution is 0.586. The molecule has 1 unspecified atom stereocenters. The van der Waals surface area contributed by atoms with E-state index in [2.05, 4.69) is 53.4 Å². The number of nitrogens with one attached hydrogen (secondary N) is 2. The van der Waals surface area contributed by atoms with Crippen molar-refractivity contribution in [3.63, 3.8) is 0 Å². The normalized spacial score (nSPS) is 13.2. The molecule has 15 heavy (non-hydrogen) atoms. The van der Waals surface area contributed by atoms with Crippen molar-refractivity contribution in [2.75, 3.05) is 12.8 Å². The van der Waals surface area contributed by atoms with Gasteiger partial charge in [-0.3, -0.25) is 0 Å². The number of hydrogen-bond donors (Lipinski definition) is 3. The zero-order chi connectivity index (χ0) is 10.7. The molecule has 0 aliphatic rings. The highest BCUT2D eigenvalue weighted by molar-refractivity contribution is 7.80. The van der Waals surface area contributed by atoms with Gasteiger partial charge in [-0.2, -0.15) is 12.6 Å². The number of para-hydroxylation sites is 1. The molecule has 2 N–H and O–H groups in total. The molecular formula is C12H16N2S. The molecule has 2 aromatic rings. The molecule has 2 nitrogen and oxygen atoms in total. The third-order valence-corrected chi connectivity index (χ3v) is 3.02. The molecule has 0 radical (unpaired) electrons. The molecule has 0 saturated carbocycles. The minimum atomic E-state index is 0.388. The number of fused-ring (bicyclic) bond motifs is 1. The van der Waals surface area contributed by atoms with Crippen LogP contribution in [0.5, 0.6) is 0 Å². The molecule has 1 heterocycles. The Morgan fingerprint density at radius 2 is 2.20 bits per heavy atom. The van der Waals surface area contributed by atoms with Crippen LogP contribution < -0.4 is 5.32 Å². The van der Waals surface area contributed by atoms with E-state index in [1.807, 2.05) is 7.05 Å². The molecule has 1 aromatic heterocycles. The summed E-state index contributed by atoms with van der Waals surface area (Å²) >= 11 is 4.29. The van der Waals surface area contributed by atoms with Gasteiger partial charge in [0.1, 0.15) is 0 Å². The zero-order valence-corrected chi connectivity index (χ0v) is 9.72. The van der Waals surface area contributed by atoms with E-state index in [9.17, 15) is 0 Å². The summed E-state index contributed by atoms with van der Waals surface area (Å²) in [4.78, 5) is 3.30. The lowest BCUT2D eigenvalue weighted by atomic mass is 10.0. The highest BCUT2D eigenvalue weighted by Crippen LogP contribution is 2.25. The summed E-state index contributed by atoms with van der Waals surface area (Å²) in [6.45, 7) is 0. The van der Waals surface area contributed by atoms with Gasteiger partial charge in [0.25, 0.3) is 0 Å². The highest BCUT2D eigenvalue weighted by Gasteiger charge is 2.12. The first-order chi connectivity index (χ1) is 7.36. The molecular weight excluding hydrogens is 204 g/mol. The standard InChI is InChI=1S/C12H16N2S/c1-13-11(6-7-15)10-8-14-12-5-3-2-4-9(10)12/h2-5,8,11,13-15H,6-7H2,1H3. The number of aromatic amines is 1. The van der Waals surface area contributed by atoms with Gasteiger partial charge in [-0.15, -0.1) is 0 Å². The number of rotatable bonds is 4. The molecule has 1 aromatic carbocycles. The van der Waals surface area contributed by atoms with E-state index >= 15 is 0 Å². The molecule has 0 bridgehead atoms. The molecule has 0 saturated heterocycles. The molecule has 3 heteroatoms. The molecule has 0 fully saturated rings. The lowest BCUT2D eigenvalue weighted by Crippen LogP contribution is -2.16. The molecule has 0 aliphatic carbocycles. The Morgan fingerprint density at radius 1 is 1.40 bits per heavy atom. The quantitative estimate of drug-likeness (QED) is 0.679. The molecule has 2 rings (SSSR count). The van der Waals surface area contributed by atoms with Gasteiger partial charge >= 0.3 is 0 Å². The Kier molecular flexibility index (Phi) is 3.34. The van der Waals surface area contributed by atoms with Gasteiger partial charge in [0.05, 0.1) is 0 Å². The van der Waals surface area contributed by atoms with E-state index in [-0.39, 0.29) is 0 Å². The summed E-state index contributed by atoms with van der Waals surface area (Å²) in [7, 11) is 2.00. The van der Waals surface area contributed by atoms with Crippen LogP contribution in [0.4, 0.5) is 0 Å². The fourth-order valence-electron chi connectivity index (χ4n) is 1.97. The van der Waals surface area contributed by atoms with Crippen molar-refractivity contribution in [1.29, 1.82) is 0 Å². The first-order valence-electron chi connectivity index (χ1n) is 5.21. The smallest absolute Gasteiger partial charge is 0.0457 e. The third kappa shape index (κ3) is 2.03. The Labute approximate surface area is 95.5 Å². The Hall–Kier alpha value is -0.930. The number of hydrogen-bond acceptors (Lipinski definition) is 2. The summed E-state index contributed by atoms with van der Waals surface area (Å²) < 4.78 is 0. The van der Waals surface area contributed by atoms with Crippen LogP contribution in [0.1, 0.15) is 18.0 Å². The fraction of sp³-hybridized carbons (Fsp3) is 0.333. The second-order valence-corrected chi connectivity index (χ2v) is 4.09. The monoisotopic (exact) mass is 220 g/mol. The summed E-state index contributed by atoms with van der Waals surface area (Å²) in [6, 6.07) is 8.78. The SMILES string of the molecule is CNC(CCS)c1c[nH]c2ccccc12. The van der Waals surface area contributed by atoms with Crippen LogP contribution in [0.3, 0.4) is 0 Å². The first-order valence-corrected chi connectivity index (χ1v) is 5.84. The largest absolute Gasteiger partial charge is 0.361 e. The molecule has 0 aliphatic heterocycles. The fourth-order valence-corrected chi connectivity index (χ4v) is 2.22. The van der Waals surface area contributed by atoms with Gasteiger partial charge in [0, 0.05) is 23.1 Å². The molecule has 80 valence electrons. The zero-order valence-electron chi connectivity index (χ0n) is 8.83. The van der Waals surface area contributed by atoms with E-state index < -0.39 is 0 Å². The van der Waals surface area contributed by atoms with Crippen LogP contribution in [0, 0.1) is 0 Å². The van der Waals surface area contributed by atoms with Crippen molar-refractivity contribution >= 4 is 23.5 Å². The lowest BCUT2D eigenvalue weighted by Gasteiger charge is -2.13. The maximum atomic E-state index is 4.29. The topological polar surface area (TPSA) is 27.8 Å². The van der Waals surface area contributed by atoms with Crippen LogP contribution >= 0.6 is 12.6 Å². The van der Waals surface area contributed by atoms with E-state index in [1.165, 1.54) is 16.5 Å². The van der Waals surface area contributed by atoms with Crippen LogP contribution in [-0.4, -0.2) is 17.8 Å². The Morgan fingerprint density at radius 3 is 2.93 bits per heavy atom. The van der Waals surface area contributed by atoms with Gasteiger partial charge in [0.15, 0.2) is 0 Å². The summed E-state index contributed by atoms with van der Waals surface area (Å²) in [5.41, 5.74) is 2.54. The van der Waals surface area contributed by atoms with Crippen molar-refractivity contribution in [3.8, 4) is 0 Å². The van der Waals surface area contributed by atoms with Crippen molar-refractivity contribution in [3.05, 3.63) is 36.0 Å². The second-order valence-electron chi connectivity index (χ2n) is 3.64. The highest BCUT2D eigenvalue weighted by atomic mass is 32.1. The van der Waals surface area contributed by atoms with E-state index in [4.69, 9.17) is 0 Å². The van der Waals surface area contributed by atoms with Crippen molar-refractivity contribution in [2.45, 2.75) is 12.5 Å².